The zero-order valence-corrected chi connectivity index (χ0v) is 21.0. The number of hydrogen-bond acceptors (Lipinski definition) is 7. The number of anilines is 1. The van der Waals surface area contributed by atoms with Crippen LogP contribution in [-0.4, -0.2) is 98.6 Å². The molecule has 0 bridgehead atoms. The number of aldehydes is 1. The number of piperidine rings is 1. The summed E-state index contributed by atoms with van der Waals surface area (Å²) in [5.74, 6) is 0. The molecule has 0 saturated carbocycles. The van der Waals surface area contributed by atoms with Crippen LogP contribution < -0.4 is 11.1 Å². The van der Waals surface area contributed by atoms with E-state index in [1.54, 1.807) is 0 Å². The van der Waals surface area contributed by atoms with Gasteiger partial charge in [0, 0.05) is 56.1 Å². The van der Waals surface area contributed by atoms with Gasteiger partial charge in [0.2, 0.25) is 0 Å². The number of benzene rings is 1. The molecule has 2 heterocycles. The van der Waals surface area contributed by atoms with Crippen LogP contribution in [0.5, 0.6) is 0 Å². The zero-order valence-electron chi connectivity index (χ0n) is 21.0. The Labute approximate surface area is 200 Å². The lowest BCUT2D eigenvalue weighted by atomic mass is 10.0. The molecule has 0 radical (unpaired) electrons. The maximum absolute atomic E-state index is 11.7. The first-order chi connectivity index (χ1) is 16.0. The number of hydrogen-bond donors (Lipinski definition) is 2. The van der Waals surface area contributed by atoms with Crippen LogP contribution in [0.3, 0.4) is 0 Å². The second kappa shape index (κ2) is 13.4. The molecule has 2 fully saturated rings. The molecule has 186 valence electrons. The third kappa shape index (κ3) is 8.04. The van der Waals surface area contributed by atoms with Crippen molar-refractivity contribution >= 4 is 12.0 Å². The van der Waals surface area contributed by atoms with Gasteiger partial charge < -0.3 is 20.7 Å². The molecule has 33 heavy (non-hydrogen) atoms. The lowest BCUT2D eigenvalue weighted by Gasteiger charge is -2.40. The summed E-state index contributed by atoms with van der Waals surface area (Å²) in [6.07, 6.45) is 5.53. The van der Waals surface area contributed by atoms with Crippen molar-refractivity contribution < 1.29 is 9.53 Å². The van der Waals surface area contributed by atoms with Crippen molar-refractivity contribution in [2.75, 3.05) is 64.8 Å². The van der Waals surface area contributed by atoms with Crippen LogP contribution in [0.4, 0.5) is 5.69 Å². The van der Waals surface area contributed by atoms with Crippen LogP contribution in [0.1, 0.15) is 55.5 Å². The summed E-state index contributed by atoms with van der Waals surface area (Å²) in [4.78, 5) is 18.9. The van der Waals surface area contributed by atoms with Crippen LogP contribution >= 0.6 is 0 Å². The fraction of sp³-hybridized carbons (Fsp3) is 0.731. The highest BCUT2D eigenvalue weighted by molar-refractivity contribution is 5.80. The van der Waals surface area contributed by atoms with Gasteiger partial charge in [0.25, 0.3) is 0 Å². The molecule has 2 aliphatic rings. The number of likely N-dealkylation sites (tertiary alicyclic amines) is 2. The quantitative estimate of drug-likeness (QED) is 0.327. The molecule has 0 spiro atoms. The van der Waals surface area contributed by atoms with Crippen molar-refractivity contribution in [3.63, 3.8) is 0 Å². The Morgan fingerprint density at radius 3 is 2.58 bits per heavy atom. The lowest BCUT2D eigenvalue weighted by Crippen LogP contribution is -2.55. The summed E-state index contributed by atoms with van der Waals surface area (Å²) in [6.45, 7) is 13.1. The third-order valence-electron chi connectivity index (χ3n) is 7.26. The number of rotatable bonds is 14. The maximum atomic E-state index is 11.7. The first-order valence-corrected chi connectivity index (χ1v) is 12.8. The van der Waals surface area contributed by atoms with Gasteiger partial charge in [0.1, 0.15) is 6.29 Å². The average molecular weight is 460 g/mol. The summed E-state index contributed by atoms with van der Waals surface area (Å²) in [5, 5.41) is 3.69. The molecule has 1 atom stereocenters. The molecular weight excluding hydrogens is 414 g/mol. The van der Waals surface area contributed by atoms with Crippen molar-refractivity contribution in [3.8, 4) is 0 Å². The Morgan fingerprint density at radius 1 is 1.21 bits per heavy atom. The Morgan fingerprint density at radius 2 is 1.91 bits per heavy atom. The minimum Gasteiger partial charge on any atom is -0.379 e. The molecule has 2 saturated heterocycles. The van der Waals surface area contributed by atoms with E-state index in [0.29, 0.717) is 18.1 Å². The van der Waals surface area contributed by atoms with E-state index in [-0.39, 0.29) is 0 Å². The second-order valence-corrected chi connectivity index (χ2v) is 9.94. The number of carbonyl (C=O) groups is 1. The van der Waals surface area contributed by atoms with Crippen molar-refractivity contribution in [1.82, 2.24) is 14.7 Å². The smallest absolute Gasteiger partial charge is 0.150 e. The maximum Gasteiger partial charge on any atom is 0.150 e. The monoisotopic (exact) mass is 459 g/mol. The number of nitrogens with zero attached hydrogens (tertiary/aromatic N) is 3. The van der Waals surface area contributed by atoms with Crippen molar-refractivity contribution in [2.45, 2.75) is 64.2 Å². The van der Waals surface area contributed by atoms with Crippen molar-refractivity contribution in [1.29, 1.82) is 0 Å². The summed E-state index contributed by atoms with van der Waals surface area (Å²) < 4.78 is 5.88. The molecule has 7 nitrogen and oxygen atoms in total. The molecule has 0 aromatic heterocycles. The Hall–Kier alpha value is -1.51. The largest absolute Gasteiger partial charge is 0.379 e. The van der Waals surface area contributed by atoms with Crippen molar-refractivity contribution in [2.24, 2.45) is 5.73 Å². The van der Waals surface area contributed by atoms with Gasteiger partial charge >= 0.3 is 0 Å². The van der Waals surface area contributed by atoms with Gasteiger partial charge in [-0.1, -0.05) is 25.5 Å². The van der Waals surface area contributed by atoms with E-state index in [1.165, 1.54) is 6.42 Å². The van der Waals surface area contributed by atoms with E-state index >= 15 is 0 Å². The molecule has 0 aliphatic carbocycles. The molecule has 1 aromatic carbocycles. The van der Waals surface area contributed by atoms with Gasteiger partial charge in [-0.25, -0.2) is 0 Å². The standard InChI is InChI=1S/C26H45N5O2/c1-4-6-21(2)29(3)19-25-22(20-32)7-5-8-26(25)28-24-17-31(18-24)14-16-33-15-13-30-11-9-23(27)10-12-30/h5,7-8,20-21,23-24,28H,4,6,9-19,27H2,1-3H3. The highest BCUT2D eigenvalue weighted by Gasteiger charge is 2.27. The van der Waals surface area contributed by atoms with Crippen LogP contribution in [0, 0.1) is 0 Å². The van der Waals surface area contributed by atoms with E-state index in [9.17, 15) is 4.79 Å². The van der Waals surface area contributed by atoms with Crippen LogP contribution in [-0.2, 0) is 11.3 Å². The predicted molar refractivity (Wildman–Crippen MR) is 136 cm³/mol. The zero-order chi connectivity index (χ0) is 23.6. The topological polar surface area (TPSA) is 74.1 Å². The highest BCUT2D eigenvalue weighted by Crippen LogP contribution is 2.25. The van der Waals surface area contributed by atoms with E-state index in [0.717, 1.165) is 101 Å². The Kier molecular flexibility index (Phi) is 10.6. The molecule has 1 unspecified atom stereocenters. The SMILES string of the molecule is CCCC(C)N(C)Cc1c(C=O)cccc1NC1CN(CCOCCN2CCC(N)CC2)C1. The number of nitrogens with one attached hydrogen (secondary N) is 1. The van der Waals surface area contributed by atoms with E-state index in [2.05, 4.69) is 47.0 Å². The lowest BCUT2D eigenvalue weighted by molar-refractivity contribution is 0.0583. The normalized spacial score (nSPS) is 19.5. The summed E-state index contributed by atoms with van der Waals surface area (Å²) in [6, 6.07) is 7.31. The summed E-state index contributed by atoms with van der Waals surface area (Å²) in [5.41, 5.74) is 8.96. The minimum absolute atomic E-state index is 0.387. The molecule has 0 amide bonds. The second-order valence-electron chi connectivity index (χ2n) is 9.94. The van der Waals surface area contributed by atoms with Gasteiger partial charge in [0.05, 0.1) is 19.3 Å². The first-order valence-electron chi connectivity index (χ1n) is 12.8. The first kappa shape index (κ1) is 26.1. The number of nitrogens with two attached hydrogens (primary N) is 1. The Bertz CT molecular complexity index is 717. The Balaban J connectivity index is 1.37. The van der Waals surface area contributed by atoms with E-state index < -0.39 is 0 Å². The fourth-order valence-corrected chi connectivity index (χ4v) is 4.80. The third-order valence-corrected chi connectivity index (χ3v) is 7.26. The summed E-state index contributed by atoms with van der Waals surface area (Å²) >= 11 is 0. The molecule has 1 aromatic rings. The van der Waals surface area contributed by atoms with Crippen molar-refractivity contribution in [3.05, 3.63) is 29.3 Å². The van der Waals surface area contributed by atoms with E-state index in [4.69, 9.17) is 10.5 Å². The molecular formula is C26H45N5O2. The molecule has 3 N–H and O–H groups in total. The van der Waals surface area contributed by atoms with Crippen LogP contribution in [0.2, 0.25) is 0 Å². The van der Waals surface area contributed by atoms with Gasteiger partial charge in [-0.2, -0.15) is 0 Å². The van der Waals surface area contributed by atoms with E-state index in [1.807, 2.05) is 12.1 Å². The van der Waals surface area contributed by atoms with Gasteiger partial charge in [-0.3, -0.25) is 14.6 Å². The molecule has 2 aliphatic heterocycles. The molecule has 7 heteroatoms. The minimum atomic E-state index is 0.387. The number of ether oxygens (including phenoxy) is 1. The number of carbonyl (C=O) groups excluding carboxylic acids is 1. The van der Waals surface area contributed by atoms with Gasteiger partial charge in [-0.15, -0.1) is 0 Å². The summed E-state index contributed by atoms with van der Waals surface area (Å²) in [7, 11) is 2.15. The van der Waals surface area contributed by atoms with Gasteiger partial charge in [0.15, 0.2) is 0 Å². The average Bonchev–Trinajstić information content (AvgIpc) is 2.79. The van der Waals surface area contributed by atoms with Crippen LogP contribution in [0.15, 0.2) is 18.2 Å². The molecule has 3 rings (SSSR count). The fourth-order valence-electron chi connectivity index (χ4n) is 4.80. The van der Waals surface area contributed by atoms with Gasteiger partial charge in [-0.05, 0) is 58.0 Å². The highest BCUT2D eigenvalue weighted by atomic mass is 16.5. The van der Waals surface area contributed by atoms with Crippen LogP contribution in [0.25, 0.3) is 0 Å². The predicted octanol–water partition coefficient (Wildman–Crippen LogP) is 2.66.